The zero-order valence-electron chi connectivity index (χ0n) is 15.7. The molecule has 27 heavy (non-hydrogen) atoms. The molecule has 0 aliphatic heterocycles. The molecule has 0 fully saturated rings. The van der Waals surface area contributed by atoms with Gasteiger partial charge in [0, 0.05) is 23.1 Å². The molecular weight excluding hydrogens is 334 g/mol. The van der Waals surface area contributed by atoms with Gasteiger partial charge in [-0.25, -0.2) is 0 Å². The van der Waals surface area contributed by atoms with Crippen LogP contribution in [-0.4, -0.2) is 12.1 Å². The van der Waals surface area contributed by atoms with Gasteiger partial charge < -0.3 is 9.72 Å². The first-order valence-electron chi connectivity index (χ1n) is 8.95. The monoisotopic (exact) mass is 355 g/mol. The van der Waals surface area contributed by atoms with E-state index >= 15 is 0 Å². The molecule has 3 aromatic carbocycles. The molecule has 4 aromatic rings. The Balaban J connectivity index is 2.06. The van der Waals surface area contributed by atoms with Crippen LogP contribution in [-0.2, 0) is 0 Å². The molecule has 0 saturated heterocycles. The Morgan fingerprint density at radius 1 is 0.815 bits per heavy atom. The van der Waals surface area contributed by atoms with Crippen LogP contribution in [0.3, 0.4) is 0 Å². The normalized spacial score (nSPS) is 10.9. The van der Waals surface area contributed by atoms with Crippen molar-refractivity contribution in [3.05, 3.63) is 88.2 Å². The number of benzene rings is 3. The van der Waals surface area contributed by atoms with Crippen LogP contribution in [0.4, 0.5) is 0 Å². The van der Waals surface area contributed by atoms with Crippen LogP contribution in [0.15, 0.2) is 71.5 Å². The topological polar surface area (TPSA) is 42.1 Å². The number of fused-ring (bicyclic) bond motifs is 1. The summed E-state index contributed by atoms with van der Waals surface area (Å²) in [6.45, 7) is 4.15. The molecule has 0 saturated carbocycles. The van der Waals surface area contributed by atoms with Gasteiger partial charge in [0.2, 0.25) is 5.56 Å². The number of aromatic amines is 1. The number of hydrogen-bond donors (Lipinski definition) is 1. The largest absolute Gasteiger partial charge is 0.496 e. The summed E-state index contributed by atoms with van der Waals surface area (Å²) in [6, 6.07) is 22.2. The molecule has 134 valence electrons. The Bertz CT molecular complexity index is 1190. The molecule has 0 radical (unpaired) electrons. The average molecular weight is 355 g/mol. The van der Waals surface area contributed by atoms with Gasteiger partial charge in [-0.05, 0) is 42.2 Å². The summed E-state index contributed by atoms with van der Waals surface area (Å²) in [5.74, 6) is 0.744. The number of nitrogens with one attached hydrogen (secondary N) is 1. The molecule has 0 aliphatic rings. The maximum Gasteiger partial charge on any atom is 0.249 e. The van der Waals surface area contributed by atoms with E-state index in [9.17, 15) is 4.79 Å². The third kappa shape index (κ3) is 3.13. The van der Waals surface area contributed by atoms with E-state index in [0.717, 1.165) is 38.9 Å². The van der Waals surface area contributed by atoms with Crippen LogP contribution in [0.5, 0.6) is 5.75 Å². The second kappa shape index (κ2) is 6.76. The molecule has 1 heterocycles. The maximum absolute atomic E-state index is 12.3. The predicted molar refractivity (Wildman–Crippen MR) is 111 cm³/mol. The van der Waals surface area contributed by atoms with Gasteiger partial charge in [-0.15, -0.1) is 0 Å². The number of methoxy groups -OCH3 is 1. The number of H-pyrrole nitrogens is 1. The number of aryl methyl sites for hydroxylation is 2. The highest BCUT2D eigenvalue weighted by Crippen LogP contribution is 2.37. The molecule has 1 aromatic heterocycles. The molecule has 0 atom stereocenters. The highest BCUT2D eigenvalue weighted by molar-refractivity contribution is 5.98. The Labute approximate surface area is 158 Å². The van der Waals surface area contributed by atoms with Crippen molar-refractivity contribution in [1.82, 2.24) is 4.98 Å². The van der Waals surface area contributed by atoms with Gasteiger partial charge >= 0.3 is 0 Å². The lowest BCUT2D eigenvalue weighted by Gasteiger charge is -2.15. The third-order valence-electron chi connectivity index (χ3n) is 4.96. The number of rotatable bonds is 3. The summed E-state index contributed by atoms with van der Waals surface area (Å²) in [4.78, 5) is 15.2. The van der Waals surface area contributed by atoms with Crippen LogP contribution in [0, 0.1) is 13.8 Å². The molecule has 4 rings (SSSR count). The van der Waals surface area contributed by atoms with Crippen molar-refractivity contribution >= 4 is 10.9 Å². The number of pyridine rings is 1. The Morgan fingerprint density at radius 2 is 1.56 bits per heavy atom. The fourth-order valence-electron chi connectivity index (χ4n) is 3.51. The Hall–Kier alpha value is -3.33. The second-order valence-corrected chi connectivity index (χ2v) is 6.83. The molecule has 0 aliphatic carbocycles. The molecule has 3 heteroatoms. The fraction of sp³-hybridized carbons (Fsp3) is 0.125. The Morgan fingerprint density at radius 3 is 2.26 bits per heavy atom. The standard InChI is InChI=1S/C24H21NO2/c1-15-8-10-17(11-9-15)19-13-24(26)25-22-14-23(27-3)21(12-20(19)22)18-7-5-4-6-16(18)2/h4-14H,1-3H3,(H,25,26). The second-order valence-electron chi connectivity index (χ2n) is 6.83. The van der Waals surface area contributed by atoms with E-state index in [1.54, 1.807) is 13.2 Å². The van der Waals surface area contributed by atoms with Crippen LogP contribution < -0.4 is 10.3 Å². The van der Waals surface area contributed by atoms with E-state index in [2.05, 4.69) is 61.3 Å². The fourth-order valence-corrected chi connectivity index (χ4v) is 3.51. The van der Waals surface area contributed by atoms with Crippen molar-refractivity contribution in [2.45, 2.75) is 13.8 Å². The van der Waals surface area contributed by atoms with E-state index in [4.69, 9.17) is 4.74 Å². The van der Waals surface area contributed by atoms with Gasteiger partial charge in [0.1, 0.15) is 5.75 Å². The van der Waals surface area contributed by atoms with Crippen molar-refractivity contribution in [2.75, 3.05) is 7.11 Å². The smallest absolute Gasteiger partial charge is 0.249 e. The number of ether oxygens (including phenoxy) is 1. The zero-order chi connectivity index (χ0) is 19.0. The molecule has 0 spiro atoms. The van der Waals surface area contributed by atoms with E-state index in [-0.39, 0.29) is 5.56 Å². The maximum atomic E-state index is 12.3. The molecule has 0 unspecified atom stereocenters. The van der Waals surface area contributed by atoms with Gasteiger partial charge in [0.15, 0.2) is 0 Å². The Kier molecular flexibility index (Phi) is 4.28. The minimum Gasteiger partial charge on any atom is -0.496 e. The first-order chi connectivity index (χ1) is 13.1. The molecule has 0 bridgehead atoms. The van der Waals surface area contributed by atoms with Crippen molar-refractivity contribution in [3.63, 3.8) is 0 Å². The molecule has 3 nitrogen and oxygen atoms in total. The van der Waals surface area contributed by atoms with Gasteiger partial charge in [-0.3, -0.25) is 4.79 Å². The van der Waals surface area contributed by atoms with Crippen molar-refractivity contribution in [3.8, 4) is 28.0 Å². The van der Waals surface area contributed by atoms with E-state index in [1.165, 1.54) is 11.1 Å². The van der Waals surface area contributed by atoms with Gasteiger partial charge in [-0.2, -0.15) is 0 Å². The van der Waals surface area contributed by atoms with Crippen LogP contribution in [0.25, 0.3) is 33.2 Å². The van der Waals surface area contributed by atoms with Crippen molar-refractivity contribution < 1.29 is 4.74 Å². The lowest BCUT2D eigenvalue weighted by molar-refractivity contribution is 0.417. The lowest BCUT2D eigenvalue weighted by atomic mass is 9.94. The third-order valence-corrected chi connectivity index (χ3v) is 4.96. The summed E-state index contributed by atoms with van der Waals surface area (Å²) in [5.41, 5.74) is 7.10. The van der Waals surface area contributed by atoms with Crippen LogP contribution >= 0.6 is 0 Å². The van der Waals surface area contributed by atoms with Crippen LogP contribution in [0.1, 0.15) is 11.1 Å². The zero-order valence-corrected chi connectivity index (χ0v) is 15.7. The van der Waals surface area contributed by atoms with E-state index in [0.29, 0.717) is 0 Å². The van der Waals surface area contributed by atoms with Crippen molar-refractivity contribution in [1.29, 1.82) is 0 Å². The van der Waals surface area contributed by atoms with Gasteiger partial charge in [0.05, 0.1) is 12.6 Å². The minimum absolute atomic E-state index is 0.122. The first kappa shape index (κ1) is 17.1. The van der Waals surface area contributed by atoms with E-state index in [1.807, 2.05) is 18.2 Å². The van der Waals surface area contributed by atoms with Gasteiger partial charge in [-0.1, -0.05) is 54.1 Å². The average Bonchev–Trinajstić information content (AvgIpc) is 2.67. The highest BCUT2D eigenvalue weighted by Gasteiger charge is 2.14. The SMILES string of the molecule is COc1cc2[nH]c(=O)cc(-c3ccc(C)cc3)c2cc1-c1ccccc1C. The molecule has 0 amide bonds. The summed E-state index contributed by atoms with van der Waals surface area (Å²) in [6.07, 6.45) is 0. The first-order valence-corrected chi connectivity index (χ1v) is 8.95. The molecular formula is C24H21NO2. The highest BCUT2D eigenvalue weighted by atomic mass is 16.5. The predicted octanol–water partition coefficient (Wildman–Crippen LogP) is 5.49. The number of hydrogen-bond acceptors (Lipinski definition) is 2. The quantitative estimate of drug-likeness (QED) is 0.528. The van der Waals surface area contributed by atoms with Crippen molar-refractivity contribution in [2.24, 2.45) is 0 Å². The lowest BCUT2D eigenvalue weighted by Crippen LogP contribution is -2.05. The minimum atomic E-state index is -0.122. The number of aromatic nitrogens is 1. The summed E-state index contributed by atoms with van der Waals surface area (Å²) in [7, 11) is 1.66. The van der Waals surface area contributed by atoms with Crippen LogP contribution in [0.2, 0.25) is 0 Å². The molecule has 1 N–H and O–H groups in total. The summed E-state index contributed by atoms with van der Waals surface area (Å²) in [5, 5.41) is 0.998. The van der Waals surface area contributed by atoms with Gasteiger partial charge in [0.25, 0.3) is 0 Å². The van der Waals surface area contributed by atoms with E-state index < -0.39 is 0 Å². The summed E-state index contributed by atoms with van der Waals surface area (Å²) >= 11 is 0. The summed E-state index contributed by atoms with van der Waals surface area (Å²) < 4.78 is 5.64.